The number of oxazole rings is 1. The topological polar surface area (TPSA) is 92.1 Å². The van der Waals surface area contributed by atoms with Crippen molar-refractivity contribution >= 4 is 40.3 Å². The van der Waals surface area contributed by atoms with Crippen LogP contribution in [0.15, 0.2) is 41.1 Å². The number of amides is 2. The molecule has 1 saturated heterocycles. The monoisotopic (exact) mass is 451 g/mol. The molecule has 3 heterocycles. The number of benzene rings is 1. The van der Waals surface area contributed by atoms with Gasteiger partial charge < -0.3 is 15.1 Å². The molecule has 0 spiro atoms. The van der Waals surface area contributed by atoms with Crippen molar-refractivity contribution in [3.8, 4) is 0 Å². The number of rotatable bonds is 5. The van der Waals surface area contributed by atoms with Crippen molar-refractivity contribution < 1.29 is 9.21 Å². The van der Waals surface area contributed by atoms with Gasteiger partial charge in [-0.1, -0.05) is 50.3 Å². The van der Waals surface area contributed by atoms with Gasteiger partial charge in [-0.3, -0.25) is 5.32 Å². The maximum Gasteiger partial charge on any atom is 0.325 e. The molecule has 8 heteroatoms. The van der Waals surface area contributed by atoms with Crippen molar-refractivity contribution in [1.29, 1.82) is 0 Å². The molecule has 0 radical (unpaired) electrons. The molecule has 1 aliphatic rings. The molecule has 4 rings (SSSR count). The number of urea groups is 1. The summed E-state index contributed by atoms with van der Waals surface area (Å²) < 4.78 is 5.77. The van der Waals surface area contributed by atoms with Gasteiger partial charge >= 0.3 is 6.03 Å². The van der Waals surface area contributed by atoms with Crippen molar-refractivity contribution in [3.63, 3.8) is 0 Å². The summed E-state index contributed by atoms with van der Waals surface area (Å²) in [6, 6.07) is 7.73. The van der Waals surface area contributed by atoms with Gasteiger partial charge in [-0.15, -0.1) is 0 Å². The highest BCUT2D eigenvalue weighted by Gasteiger charge is 2.20. The fraction of sp³-hybridized carbons (Fsp3) is 0.375. The fourth-order valence-corrected chi connectivity index (χ4v) is 4.35. The zero-order valence-corrected chi connectivity index (χ0v) is 19.5. The van der Waals surface area contributed by atoms with Crippen LogP contribution in [0.1, 0.15) is 61.6 Å². The SMILES string of the molecule is CC(C)(C)c1cnc(C=Cc2cnc(NC(=O)Nc3ccccc3C3CCNCC3)s2)o1. The smallest absolute Gasteiger partial charge is 0.325 e. The molecular weight excluding hydrogens is 422 g/mol. The Labute approximate surface area is 192 Å². The highest BCUT2D eigenvalue weighted by atomic mass is 32.1. The second-order valence-corrected chi connectivity index (χ2v) is 9.97. The Morgan fingerprint density at radius 1 is 1.12 bits per heavy atom. The summed E-state index contributed by atoms with van der Waals surface area (Å²) in [6.07, 6.45) is 9.31. The number of hydrogen-bond acceptors (Lipinski definition) is 6. The normalized spacial score (nSPS) is 15.2. The van der Waals surface area contributed by atoms with Crippen molar-refractivity contribution in [3.05, 3.63) is 58.8 Å². The van der Waals surface area contributed by atoms with E-state index in [1.54, 1.807) is 12.4 Å². The zero-order chi connectivity index (χ0) is 22.6. The molecule has 1 aromatic carbocycles. The maximum absolute atomic E-state index is 12.6. The Morgan fingerprint density at radius 3 is 2.66 bits per heavy atom. The van der Waals surface area contributed by atoms with Gasteiger partial charge in [-0.2, -0.15) is 0 Å². The average Bonchev–Trinajstić information content (AvgIpc) is 3.42. The second kappa shape index (κ2) is 9.67. The first-order valence-corrected chi connectivity index (χ1v) is 11.7. The van der Waals surface area contributed by atoms with Gasteiger partial charge in [-0.25, -0.2) is 14.8 Å². The Morgan fingerprint density at radius 2 is 1.91 bits per heavy atom. The van der Waals surface area contributed by atoms with E-state index < -0.39 is 0 Å². The van der Waals surface area contributed by atoms with E-state index in [-0.39, 0.29) is 11.4 Å². The Balaban J connectivity index is 1.37. The third-order valence-electron chi connectivity index (χ3n) is 5.38. The molecular formula is C24H29N5O2S. The molecule has 0 bridgehead atoms. The molecule has 0 saturated carbocycles. The predicted molar refractivity (Wildman–Crippen MR) is 130 cm³/mol. The second-order valence-electron chi connectivity index (χ2n) is 8.90. The minimum absolute atomic E-state index is 0.0828. The van der Waals surface area contributed by atoms with E-state index >= 15 is 0 Å². The lowest BCUT2D eigenvalue weighted by Gasteiger charge is -2.25. The fourth-order valence-electron chi connectivity index (χ4n) is 3.64. The molecule has 0 unspecified atom stereocenters. The molecule has 3 aromatic rings. The Bertz CT molecular complexity index is 1090. The van der Waals surface area contributed by atoms with Crippen LogP contribution >= 0.6 is 11.3 Å². The number of piperidine rings is 1. The third kappa shape index (κ3) is 5.63. The number of nitrogens with zero attached hydrogens (tertiary/aromatic N) is 2. The van der Waals surface area contributed by atoms with Crippen LogP contribution in [0.5, 0.6) is 0 Å². The van der Waals surface area contributed by atoms with E-state index in [1.165, 1.54) is 16.9 Å². The number of nitrogens with one attached hydrogen (secondary N) is 3. The Hall–Kier alpha value is -2.97. The van der Waals surface area contributed by atoms with E-state index in [4.69, 9.17) is 4.42 Å². The van der Waals surface area contributed by atoms with E-state index in [2.05, 4.69) is 52.8 Å². The van der Waals surface area contributed by atoms with Crippen LogP contribution in [0.3, 0.4) is 0 Å². The summed E-state index contributed by atoms with van der Waals surface area (Å²) in [4.78, 5) is 22.1. The number of anilines is 2. The maximum atomic E-state index is 12.6. The van der Waals surface area contributed by atoms with E-state index in [1.807, 2.05) is 30.4 Å². The van der Waals surface area contributed by atoms with Crippen LogP contribution in [-0.4, -0.2) is 29.1 Å². The molecule has 2 amide bonds. The number of thiazole rings is 1. The van der Waals surface area contributed by atoms with Gasteiger partial charge in [0.25, 0.3) is 0 Å². The van der Waals surface area contributed by atoms with Crippen LogP contribution in [0.25, 0.3) is 12.2 Å². The van der Waals surface area contributed by atoms with Crippen LogP contribution < -0.4 is 16.0 Å². The highest BCUT2D eigenvalue weighted by Crippen LogP contribution is 2.31. The lowest BCUT2D eigenvalue weighted by molar-refractivity contribution is 0.262. The van der Waals surface area contributed by atoms with Gasteiger partial charge in [0, 0.05) is 28.3 Å². The number of hydrogen-bond donors (Lipinski definition) is 3. The lowest BCUT2D eigenvalue weighted by Crippen LogP contribution is -2.27. The molecule has 2 aromatic heterocycles. The standard InChI is InChI=1S/C24H29N5O2S/c1-24(2,3)20-15-26-21(31-20)9-8-17-14-27-23(32-17)29-22(30)28-19-7-5-4-6-18(19)16-10-12-25-13-11-16/h4-9,14-16,25H,10-13H2,1-3H3,(H2,27,28,29,30). The number of aromatic nitrogens is 2. The summed E-state index contributed by atoms with van der Waals surface area (Å²) in [6.45, 7) is 8.26. The molecule has 1 aliphatic heterocycles. The van der Waals surface area contributed by atoms with Gasteiger partial charge in [0.2, 0.25) is 5.89 Å². The van der Waals surface area contributed by atoms with Crippen molar-refractivity contribution in [2.24, 2.45) is 0 Å². The quantitative estimate of drug-likeness (QED) is 0.462. The molecule has 3 N–H and O–H groups in total. The summed E-state index contributed by atoms with van der Waals surface area (Å²) in [5.74, 6) is 1.84. The minimum atomic E-state index is -0.293. The average molecular weight is 452 g/mol. The summed E-state index contributed by atoms with van der Waals surface area (Å²) in [5.41, 5.74) is 1.96. The van der Waals surface area contributed by atoms with E-state index in [0.29, 0.717) is 16.9 Å². The first kappa shape index (κ1) is 22.2. The van der Waals surface area contributed by atoms with Gasteiger partial charge in [0.05, 0.1) is 6.20 Å². The number of carbonyl (C=O) groups excluding carboxylic acids is 1. The molecule has 0 atom stereocenters. The summed E-state index contributed by atoms with van der Waals surface area (Å²) in [7, 11) is 0. The zero-order valence-electron chi connectivity index (χ0n) is 18.6. The highest BCUT2D eigenvalue weighted by molar-refractivity contribution is 7.16. The van der Waals surface area contributed by atoms with Crippen LogP contribution in [0, 0.1) is 0 Å². The largest absolute Gasteiger partial charge is 0.441 e. The number of para-hydroxylation sites is 1. The lowest BCUT2D eigenvalue weighted by atomic mass is 9.89. The predicted octanol–water partition coefficient (Wildman–Crippen LogP) is 5.71. The van der Waals surface area contributed by atoms with Crippen LogP contribution in [0.2, 0.25) is 0 Å². The molecule has 7 nitrogen and oxygen atoms in total. The Kier molecular flexibility index (Phi) is 6.72. The minimum Gasteiger partial charge on any atom is -0.441 e. The molecule has 1 fully saturated rings. The third-order valence-corrected chi connectivity index (χ3v) is 6.26. The molecule has 0 aliphatic carbocycles. The first-order chi connectivity index (χ1) is 15.4. The van der Waals surface area contributed by atoms with Gasteiger partial charge in [-0.05, 0) is 49.6 Å². The summed E-state index contributed by atoms with van der Waals surface area (Å²) in [5, 5.41) is 9.75. The van der Waals surface area contributed by atoms with Gasteiger partial charge in [0.1, 0.15) is 5.76 Å². The molecule has 32 heavy (non-hydrogen) atoms. The van der Waals surface area contributed by atoms with Crippen molar-refractivity contribution in [1.82, 2.24) is 15.3 Å². The molecule has 168 valence electrons. The van der Waals surface area contributed by atoms with Crippen molar-refractivity contribution in [2.75, 3.05) is 23.7 Å². The van der Waals surface area contributed by atoms with Gasteiger partial charge in [0.15, 0.2) is 5.13 Å². The van der Waals surface area contributed by atoms with Crippen molar-refractivity contribution in [2.45, 2.75) is 44.9 Å². The number of carbonyl (C=O) groups is 1. The van der Waals surface area contributed by atoms with Crippen LogP contribution in [0.4, 0.5) is 15.6 Å². The summed E-state index contributed by atoms with van der Waals surface area (Å²) >= 11 is 1.39. The van der Waals surface area contributed by atoms with Crippen LogP contribution in [-0.2, 0) is 5.41 Å². The van der Waals surface area contributed by atoms with E-state index in [0.717, 1.165) is 42.3 Å². The van der Waals surface area contributed by atoms with E-state index in [9.17, 15) is 4.79 Å². The first-order valence-electron chi connectivity index (χ1n) is 10.9.